The predicted octanol–water partition coefficient (Wildman–Crippen LogP) is -1.14. The van der Waals surface area contributed by atoms with Crippen LogP contribution in [0.4, 0.5) is 0 Å². The van der Waals surface area contributed by atoms with Gasteiger partial charge in [-0.2, -0.15) is 0 Å². The van der Waals surface area contributed by atoms with Gasteiger partial charge in [-0.05, 0) is 13.0 Å². The van der Waals surface area contributed by atoms with Gasteiger partial charge >= 0.3 is 0 Å². The van der Waals surface area contributed by atoms with Gasteiger partial charge in [0.15, 0.2) is 0 Å². The predicted molar refractivity (Wildman–Crippen MR) is 39.2 cm³/mol. The summed E-state index contributed by atoms with van der Waals surface area (Å²) in [7, 11) is 0. The Hall–Kier alpha value is -0.610. The van der Waals surface area contributed by atoms with E-state index in [0.29, 0.717) is 6.61 Å². The van der Waals surface area contributed by atoms with E-state index in [0.717, 1.165) is 19.5 Å². The van der Waals surface area contributed by atoms with E-state index in [-0.39, 0.29) is 18.1 Å². The second kappa shape index (κ2) is 2.46. The molecule has 2 aliphatic heterocycles. The van der Waals surface area contributed by atoms with Crippen LogP contribution in [0.25, 0.3) is 0 Å². The number of hydrogen-bond donors (Lipinski definition) is 2. The van der Waals surface area contributed by atoms with Crippen molar-refractivity contribution < 1.29 is 9.53 Å². The fourth-order valence-corrected chi connectivity index (χ4v) is 1.68. The van der Waals surface area contributed by atoms with Gasteiger partial charge in [0.1, 0.15) is 6.61 Å². The highest BCUT2D eigenvalue weighted by atomic mass is 16.5. The molecular formula is C7H12N2O2. The second-order valence-corrected chi connectivity index (χ2v) is 3.25. The average molecular weight is 156 g/mol. The van der Waals surface area contributed by atoms with Gasteiger partial charge < -0.3 is 15.4 Å². The lowest BCUT2D eigenvalue weighted by atomic mass is 9.99. The minimum atomic E-state index is -0.0880. The first-order valence-electron chi connectivity index (χ1n) is 3.90. The maximum Gasteiger partial charge on any atom is 0.246 e. The molecule has 2 heterocycles. The summed E-state index contributed by atoms with van der Waals surface area (Å²) in [5.41, 5.74) is -0.0880. The molecule has 62 valence electrons. The minimum Gasteiger partial charge on any atom is -0.369 e. The molecule has 0 aromatic heterocycles. The molecule has 1 atom stereocenters. The van der Waals surface area contributed by atoms with Crippen molar-refractivity contribution in [3.05, 3.63) is 0 Å². The first-order chi connectivity index (χ1) is 5.31. The zero-order valence-electron chi connectivity index (χ0n) is 6.35. The van der Waals surface area contributed by atoms with Gasteiger partial charge in [-0.3, -0.25) is 4.79 Å². The van der Waals surface area contributed by atoms with Gasteiger partial charge in [0.05, 0.1) is 12.1 Å². The van der Waals surface area contributed by atoms with Crippen molar-refractivity contribution in [2.24, 2.45) is 0 Å². The Labute approximate surface area is 65.3 Å². The van der Waals surface area contributed by atoms with Gasteiger partial charge in [-0.25, -0.2) is 0 Å². The molecule has 0 aromatic carbocycles. The average Bonchev–Trinajstić information content (AvgIpc) is 2.37. The number of hydrogen-bond acceptors (Lipinski definition) is 3. The van der Waals surface area contributed by atoms with Crippen LogP contribution >= 0.6 is 0 Å². The first-order valence-corrected chi connectivity index (χ1v) is 3.90. The molecule has 11 heavy (non-hydrogen) atoms. The third-order valence-electron chi connectivity index (χ3n) is 2.26. The van der Waals surface area contributed by atoms with E-state index in [1.807, 2.05) is 0 Å². The van der Waals surface area contributed by atoms with Crippen LogP contribution in [0.5, 0.6) is 0 Å². The molecule has 0 radical (unpaired) electrons. The molecule has 0 aliphatic carbocycles. The summed E-state index contributed by atoms with van der Waals surface area (Å²) in [6.45, 7) is 2.70. The van der Waals surface area contributed by atoms with Gasteiger partial charge in [-0.15, -0.1) is 0 Å². The molecule has 4 heteroatoms. The molecule has 4 nitrogen and oxygen atoms in total. The van der Waals surface area contributed by atoms with Crippen molar-refractivity contribution in [3.8, 4) is 0 Å². The van der Waals surface area contributed by atoms with Crippen molar-refractivity contribution in [2.75, 3.05) is 26.3 Å². The maximum atomic E-state index is 11.0. The zero-order chi connectivity index (χ0) is 7.73. The van der Waals surface area contributed by atoms with E-state index < -0.39 is 0 Å². The number of rotatable bonds is 0. The van der Waals surface area contributed by atoms with E-state index >= 15 is 0 Å². The molecule has 0 aromatic rings. The smallest absolute Gasteiger partial charge is 0.246 e. The van der Waals surface area contributed by atoms with Gasteiger partial charge in [-0.1, -0.05) is 0 Å². The van der Waals surface area contributed by atoms with Crippen molar-refractivity contribution in [1.29, 1.82) is 0 Å². The summed E-state index contributed by atoms with van der Waals surface area (Å²) < 4.78 is 5.17. The lowest BCUT2D eigenvalue weighted by Crippen LogP contribution is -2.58. The normalized spacial score (nSPS) is 37.6. The van der Waals surface area contributed by atoms with Crippen LogP contribution < -0.4 is 10.6 Å². The van der Waals surface area contributed by atoms with Gasteiger partial charge in [0, 0.05) is 6.54 Å². The molecule has 1 amide bonds. The SMILES string of the molecule is O=C1COCC2(CCNC2)N1. The fraction of sp³-hybridized carbons (Fsp3) is 0.857. The summed E-state index contributed by atoms with van der Waals surface area (Å²) >= 11 is 0. The topological polar surface area (TPSA) is 50.4 Å². The fourth-order valence-electron chi connectivity index (χ4n) is 1.68. The number of carbonyl (C=O) groups is 1. The molecule has 2 saturated heterocycles. The Morgan fingerprint density at radius 1 is 1.55 bits per heavy atom. The van der Waals surface area contributed by atoms with Crippen molar-refractivity contribution in [2.45, 2.75) is 12.0 Å². The van der Waals surface area contributed by atoms with Crippen molar-refractivity contribution >= 4 is 5.91 Å². The molecular weight excluding hydrogens is 144 g/mol. The highest BCUT2D eigenvalue weighted by Gasteiger charge is 2.38. The van der Waals surface area contributed by atoms with Crippen molar-refractivity contribution in [1.82, 2.24) is 10.6 Å². The summed E-state index contributed by atoms with van der Waals surface area (Å²) in [5, 5.41) is 6.17. The van der Waals surface area contributed by atoms with Gasteiger partial charge in [0.25, 0.3) is 0 Å². The summed E-state index contributed by atoms with van der Waals surface area (Å²) in [4.78, 5) is 11.0. The first kappa shape index (κ1) is 7.06. The number of amides is 1. The second-order valence-electron chi connectivity index (χ2n) is 3.25. The largest absolute Gasteiger partial charge is 0.369 e. The van der Waals surface area contributed by atoms with Crippen LogP contribution in [0.3, 0.4) is 0 Å². The van der Waals surface area contributed by atoms with Crippen molar-refractivity contribution in [3.63, 3.8) is 0 Å². The standard InChI is InChI=1S/C7H12N2O2/c10-6-3-11-5-7(9-6)1-2-8-4-7/h8H,1-5H2,(H,9,10). The van der Waals surface area contributed by atoms with E-state index in [1.165, 1.54) is 0 Å². The monoisotopic (exact) mass is 156 g/mol. The number of nitrogens with one attached hydrogen (secondary N) is 2. The van der Waals surface area contributed by atoms with E-state index in [1.54, 1.807) is 0 Å². The molecule has 1 spiro atoms. The third kappa shape index (κ3) is 1.23. The van der Waals surface area contributed by atoms with Crippen LogP contribution in [-0.2, 0) is 9.53 Å². The minimum absolute atomic E-state index is 0.0138. The molecule has 0 bridgehead atoms. The molecule has 2 aliphatic rings. The molecule has 0 saturated carbocycles. The van der Waals surface area contributed by atoms with E-state index in [9.17, 15) is 4.79 Å². The zero-order valence-corrected chi connectivity index (χ0v) is 6.35. The Morgan fingerprint density at radius 3 is 3.09 bits per heavy atom. The highest BCUT2D eigenvalue weighted by Crippen LogP contribution is 2.17. The molecule has 1 unspecified atom stereocenters. The Balaban J connectivity index is 2.05. The van der Waals surface area contributed by atoms with E-state index in [4.69, 9.17) is 4.74 Å². The summed E-state index contributed by atoms with van der Waals surface area (Å²) in [5.74, 6) is 0.0138. The molecule has 2 N–H and O–H groups in total. The Kier molecular flexibility index (Phi) is 1.58. The lowest BCUT2D eigenvalue weighted by molar-refractivity contribution is -0.134. The quantitative estimate of drug-likeness (QED) is 0.466. The number of carbonyl (C=O) groups excluding carboxylic acids is 1. The van der Waals surface area contributed by atoms with Crippen LogP contribution in [0.15, 0.2) is 0 Å². The lowest BCUT2D eigenvalue weighted by Gasteiger charge is -2.33. The third-order valence-corrected chi connectivity index (χ3v) is 2.26. The van der Waals surface area contributed by atoms with Crippen LogP contribution in [0.1, 0.15) is 6.42 Å². The van der Waals surface area contributed by atoms with Crippen LogP contribution in [-0.4, -0.2) is 37.7 Å². The number of ether oxygens (including phenoxy) is 1. The van der Waals surface area contributed by atoms with Gasteiger partial charge in [0.2, 0.25) is 5.91 Å². The Bertz CT molecular complexity index is 175. The maximum absolute atomic E-state index is 11.0. The molecule has 2 rings (SSSR count). The van der Waals surface area contributed by atoms with Crippen LogP contribution in [0.2, 0.25) is 0 Å². The summed E-state index contributed by atoms with van der Waals surface area (Å²) in [6.07, 6.45) is 0.985. The summed E-state index contributed by atoms with van der Waals surface area (Å²) in [6, 6.07) is 0. The highest BCUT2D eigenvalue weighted by molar-refractivity contribution is 5.78. The Morgan fingerprint density at radius 2 is 2.45 bits per heavy atom. The van der Waals surface area contributed by atoms with Crippen LogP contribution in [0, 0.1) is 0 Å². The molecule has 2 fully saturated rings. The number of morpholine rings is 1. The van der Waals surface area contributed by atoms with E-state index in [2.05, 4.69) is 10.6 Å².